The highest BCUT2D eigenvalue weighted by Crippen LogP contribution is 2.45. The van der Waals surface area contributed by atoms with Crippen molar-refractivity contribution in [2.24, 2.45) is 0 Å². The summed E-state index contributed by atoms with van der Waals surface area (Å²) in [5.41, 5.74) is 1.17. The second kappa shape index (κ2) is 6.83. The monoisotopic (exact) mass is 314 g/mol. The van der Waals surface area contributed by atoms with Gasteiger partial charge in [0, 0.05) is 10.8 Å². The van der Waals surface area contributed by atoms with Crippen molar-refractivity contribution >= 4 is 29.3 Å². The molecule has 1 aromatic carbocycles. The number of esters is 1. The number of thioether (sulfide) groups is 1. The van der Waals surface area contributed by atoms with Crippen LogP contribution in [0.4, 0.5) is 0 Å². The van der Waals surface area contributed by atoms with Crippen LogP contribution < -0.4 is 0 Å². The van der Waals surface area contributed by atoms with Crippen LogP contribution in [0.5, 0.6) is 0 Å². The number of benzene rings is 1. The van der Waals surface area contributed by atoms with Crippen LogP contribution in [-0.2, 0) is 16.0 Å². The molecule has 0 aliphatic carbocycles. The fourth-order valence-corrected chi connectivity index (χ4v) is 4.24. The van der Waals surface area contributed by atoms with E-state index in [4.69, 9.17) is 16.3 Å². The average molecular weight is 315 g/mol. The third kappa shape index (κ3) is 2.97. The predicted octanol–water partition coefficient (Wildman–Crippen LogP) is 3.02. The van der Waals surface area contributed by atoms with Gasteiger partial charge in [-0.1, -0.05) is 18.2 Å². The third-order valence-corrected chi connectivity index (χ3v) is 5.60. The van der Waals surface area contributed by atoms with Crippen molar-refractivity contribution in [1.29, 1.82) is 0 Å². The van der Waals surface area contributed by atoms with E-state index < -0.39 is 10.9 Å². The fraction of sp³-hybridized carbons (Fsp3) is 0.533. The minimum Gasteiger partial charge on any atom is -0.468 e. The molecule has 2 atom stereocenters. The van der Waals surface area contributed by atoms with Crippen LogP contribution in [0.3, 0.4) is 0 Å². The molecule has 0 spiro atoms. The minimum absolute atomic E-state index is 0.364. The number of aliphatic hydroxyl groups is 1. The van der Waals surface area contributed by atoms with Crippen molar-refractivity contribution in [3.8, 4) is 0 Å². The van der Waals surface area contributed by atoms with Crippen LogP contribution in [0.2, 0.25) is 0 Å². The topological polar surface area (TPSA) is 46.5 Å². The fourth-order valence-electron chi connectivity index (χ4n) is 2.60. The summed E-state index contributed by atoms with van der Waals surface area (Å²) < 4.78 is 4.02. The normalized spacial score (nSPS) is 25.6. The number of alkyl halides is 1. The van der Waals surface area contributed by atoms with Gasteiger partial charge in [0.05, 0.1) is 13.2 Å². The Morgan fingerprint density at radius 2 is 2.30 bits per heavy atom. The molecule has 1 aliphatic rings. The molecule has 1 aliphatic heterocycles. The van der Waals surface area contributed by atoms with Gasteiger partial charge >= 0.3 is 5.97 Å². The summed E-state index contributed by atoms with van der Waals surface area (Å²) in [6.07, 6.45) is 1.79. The Labute approximate surface area is 128 Å². The highest BCUT2D eigenvalue weighted by molar-refractivity contribution is 8.01. The zero-order chi connectivity index (χ0) is 14.6. The van der Waals surface area contributed by atoms with E-state index in [1.54, 1.807) is 0 Å². The Kier molecular flexibility index (Phi) is 5.35. The Morgan fingerprint density at radius 1 is 1.55 bits per heavy atom. The van der Waals surface area contributed by atoms with Crippen LogP contribution in [0.15, 0.2) is 29.2 Å². The average Bonchev–Trinajstić information content (AvgIpc) is 2.62. The van der Waals surface area contributed by atoms with Crippen molar-refractivity contribution in [1.82, 2.24) is 0 Å². The Hall–Kier alpha value is -0.710. The maximum Gasteiger partial charge on any atom is 0.324 e. The molecule has 0 aromatic heterocycles. The summed E-state index contributed by atoms with van der Waals surface area (Å²) in [7, 11) is 1.37. The molecule has 0 bridgehead atoms. The van der Waals surface area contributed by atoms with Crippen LogP contribution in [-0.4, -0.2) is 34.9 Å². The van der Waals surface area contributed by atoms with E-state index in [2.05, 4.69) is 0 Å². The Bertz CT molecular complexity index is 480. The van der Waals surface area contributed by atoms with Crippen LogP contribution in [0.1, 0.15) is 24.8 Å². The number of aryl methyl sites for hydroxylation is 1. The number of ether oxygens (including phenoxy) is 1. The summed E-state index contributed by atoms with van der Waals surface area (Å²) in [5, 5.41) is 10.5. The Balaban J connectivity index is 2.40. The van der Waals surface area contributed by atoms with Crippen molar-refractivity contribution in [2.75, 3.05) is 13.0 Å². The standard InChI is InChI=1S/C15H19ClO3S/c1-19-14(18)15(9-4-10-16)13(17)8-7-11-5-2-3-6-12(11)20-15/h2-3,5-6,13,17H,4,7-10H2,1H3. The van der Waals surface area contributed by atoms with Crippen LogP contribution >= 0.6 is 23.4 Å². The molecule has 110 valence electrons. The van der Waals surface area contributed by atoms with Gasteiger partial charge in [-0.05, 0) is 37.3 Å². The largest absolute Gasteiger partial charge is 0.468 e. The minimum atomic E-state index is -0.948. The summed E-state index contributed by atoms with van der Waals surface area (Å²) >= 11 is 7.20. The highest BCUT2D eigenvalue weighted by atomic mass is 35.5. The lowest BCUT2D eigenvalue weighted by atomic mass is 9.92. The molecule has 0 amide bonds. The maximum absolute atomic E-state index is 12.3. The van der Waals surface area contributed by atoms with Gasteiger partial charge in [0.2, 0.25) is 0 Å². The number of fused-ring (bicyclic) bond motifs is 1. The zero-order valence-electron chi connectivity index (χ0n) is 11.5. The van der Waals surface area contributed by atoms with E-state index >= 15 is 0 Å². The van der Waals surface area contributed by atoms with Crippen molar-refractivity contribution < 1.29 is 14.6 Å². The molecule has 2 unspecified atom stereocenters. The van der Waals surface area contributed by atoms with Crippen molar-refractivity contribution in [2.45, 2.75) is 41.4 Å². The van der Waals surface area contributed by atoms with Gasteiger partial charge in [0.25, 0.3) is 0 Å². The molecular weight excluding hydrogens is 296 g/mol. The van der Waals surface area contributed by atoms with Gasteiger partial charge in [-0.25, -0.2) is 0 Å². The first-order valence-electron chi connectivity index (χ1n) is 6.73. The predicted molar refractivity (Wildman–Crippen MR) is 81.3 cm³/mol. The molecule has 0 saturated heterocycles. The number of hydrogen-bond acceptors (Lipinski definition) is 4. The van der Waals surface area contributed by atoms with Crippen LogP contribution in [0, 0.1) is 0 Å². The lowest BCUT2D eigenvalue weighted by Crippen LogP contribution is -2.47. The number of hydrogen-bond donors (Lipinski definition) is 1. The van der Waals surface area contributed by atoms with E-state index in [0.717, 1.165) is 11.3 Å². The smallest absolute Gasteiger partial charge is 0.324 e. The van der Waals surface area contributed by atoms with E-state index in [-0.39, 0.29) is 5.97 Å². The van der Waals surface area contributed by atoms with E-state index in [9.17, 15) is 9.90 Å². The SMILES string of the molecule is COC(=O)C1(CCCCl)Sc2ccccc2CCC1O. The van der Waals surface area contributed by atoms with Gasteiger partial charge in [0.1, 0.15) is 4.75 Å². The molecular formula is C15H19ClO3S. The Morgan fingerprint density at radius 3 is 3.00 bits per heavy atom. The molecule has 1 N–H and O–H groups in total. The molecule has 0 radical (unpaired) electrons. The van der Waals surface area contributed by atoms with Gasteiger partial charge < -0.3 is 9.84 Å². The number of methoxy groups -OCH3 is 1. The summed E-state index contributed by atoms with van der Waals surface area (Å²) in [4.78, 5) is 13.4. The molecule has 20 heavy (non-hydrogen) atoms. The van der Waals surface area contributed by atoms with Crippen molar-refractivity contribution in [3.63, 3.8) is 0 Å². The first-order valence-corrected chi connectivity index (χ1v) is 8.08. The number of rotatable bonds is 4. The molecule has 2 rings (SSSR count). The highest BCUT2D eigenvalue weighted by Gasteiger charge is 2.48. The summed E-state index contributed by atoms with van der Waals surface area (Å²) in [6, 6.07) is 7.98. The first-order chi connectivity index (χ1) is 9.64. The van der Waals surface area contributed by atoms with Gasteiger partial charge in [-0.3, -0.25) is 4.79 Å². The molecule has 1 aromatic rings. The zero-order valence-corrected chi connectivity index (χ0v) is 13.0. The molecule has 0 saturated carbocycles. The van der Waals surface area contributed by atoms with Gasteiger partial charge in [0.15, 0.2) is 0 Å². The van der Waals surface area contributed by atoms with E-state index in [1.807, 2.05) is 24.3 Å². The summed E-state index contributed by atoms with van der Waals surface area (Å²) in [5.74, 6) is 0.102. The van der Waals surface area contributed by atoms with E-state index in [1.165, 1.54) is 24.4 Å². The molecule has 1 heterocycles. The number of carbonyl (C=O) groups excluding carboxylic acids is 1. The molecule has 5 heteroatoms. The molecule has 0 fully saturated rings. The van der Waals surface area contributed by atoms with Crippen molar-refractivity contribution in [3.05, 3.63) is 29.8 Å². The number of halogens is 1. The number of carbonyl (C=O) groups is 1. The second-order valence-electron chi connectivity index (χ2n) is 4.94. The second-order valence-corrected chi connectivity index (χ2v) is 6.69. The van der Waals surface area contributed by atoms with E-state index in [0.29, 0.717) is 25.1 Å². The lowest BCUT2D eigenvalue weighted by molar-refractivity contribution is -0.147. The maximum atomic E-state index is 12.3. The summed E-state index contributed by atoms with van der Waals surface area (Å²) in [6.45, 7) is 0. The van der Waals surface area contributed by atoms with Gasteiger partial charge in [-0.2, -0.15) is 0 Å². The number of aliphatic hydroxyl groups excluding tert-OH is 1. The quantitative estimate of drug-likeness (QED) is 0.685. The first kappa shape index (κ1) is 15.7. The van der Waals surface area contributed by atoms with Crippen LogP contribution in [0.25, 0.3) is 0 Å². The van der Waals surface area contributed by atoms with Gasteiger partial charge in [-0.15, -0.1) is 23.4 Å². The third-order valence-electron chi connectivity index (χ3n) is 3.70. The molecule has 3 nitrogen and oxygen atoms in total. The lowest BCUT2D eigenvalue weighted by Gasteiger charge is -2.33.